The van der Waals surface area contributed by atoms with Crippen molar-refractivity contribution >= 4 is 5.97 Å². The fraction of sp³-hybridized carbons (Fsp3) is 0.929. The Morgan fingerprint density at radius 2 is 1.94 bits per heavy atom. The molecule has 0 saturated heterocycles. The first-order valence-electron chi connectivity index (χ1n) is 7.19. The van der Waals surface area contributed by atoms with E-state index in [1.165, 1.54) is 19.3 Å². The second-order valence-corrected chi connectivity index (χ2v) is 4.76. The summed E-state index contributed by atoms with van der Waals surface area (Å²) in [5, 5.41) is 0. The van der Waals surface area contributed by atoms with E-state index >= 15 is 0 Å². The van der Waals surface area contributed by atoms with Gasteiger partial charge in [0.2, 0.25) is 0 Å². The number of hydrogen-bond donors (Lipinski definition) is 1. The maximum absolute atomic E-state index is 11.5. The Kier molecular flexibility index (Phi) is 11.5. The summed E-state index contributed by atoms with van der Waals surface area (Å²) in [6, 6.07) is 0. The maximum Gasteiger partial charge on any atom is 0.305 e. The number of unbranched alkanes of at least 4 members (excludes halogenated alkanes) is 3. The molecule has 0 fully saturated rings. The van der Waals surface area contributed by atoms with E-state index in [4.69, 9.17) is 4.74 Å². The quantitative estimate of drug-likeness (QED) is 0.448. The van der Waals surface area contributed by atoms with Crippen LogP contribution in [0.3, 0.4) is 0 Å². The van der Waals surface area contributed by atoms with Crippen LogP contribution in [0.15, 0.2) is 0 Å². The molecular formula is C14H30NO2+. The number of carbonyl (C=O) groups excluding carboxylic acids is 1. The molecule has 0 aromatic heterocycles. The van der Waals surface area contributed by atoms with Gasteiger partial charge >= 0.3 is 5.97 Å². The summed E-state index contributed by atoms with van der Waals surface area (Å²) >= 11 is 0. The molecular weight excluding hydrogens is 214 g/mol. The van der Waals surface area contributed by atoms with E-state index in [-0.39, 0.29) is 5.97 Å². The molecule has 0 aliphatic rings. The highest BCUT2D eigenvalue weighted by atomic mass is 16.5. The molecule has 3 N–H and O–H groups in total. The summed E-state index contributed by atoms with van der Waals surface area (Å²) < 4.78 is 5.32. The molecule has 0 aromatic rings. The highest BCUT2D eigenvalue weighted by Crippen LogP contribution is 2.13. The highest BCUT2D eigenvalue weighted by molar-refractivity contribution is 5.69. The van der Waals surface area contributed by atoms with Crippen molar-refractivity contribution in [3.8, 4) is 0 Å². The van der Waals surface area contributed by atoms with Crippen LogP contribution in [0.2, 0.25) is 0 Å². The van der Waals surface area contributed by atoms with Crippen LogP contribution in [-0.4, -0.2) is 19.1 Å². The molecule has 102 valence electrons. The Bertz CT molecular complexity index is 183. The zero-order chi connectivity index (χ0) is 12.9. The van der Waals surface area contributed by atoms with Gasteiger partial charge in [0.15, 0.2) is 0 Å². The fourth-order valence-corrected chi connectivity index (χ4v) is 1.80. The monoisotopic (exact) mass is 244 g/mol. The van der Waals surface area contributed by atoms with Gasteiger partial charge in [0.25, 0.3) is 0 Å². The second kappa shape index (κ2) is 11.9. The minimum Gasteiger partial charge on any atom is -0.465 e. The van der Waals surface area contributed by atoms with Crippen molar-refractivity contribution in [1.82, 2.24) is 0 Å². The van der Waals surface area contributed by atoms with Crippen LogP contribution in [-0.2, 0) is 9.53 Å². The Balaban J connectivity index is 3.52. The van der Waals surface area contributed by atoms with Crippen LogP contribution in [0.4, 0.5) is 0 Å². The number of hydrogen-bond acceptors (Lipinski definition) is 2. The number of quaternary nitrogens is 1. The predicted molar refractivity (Wildman–Crippen MR) is 70.5 cm³/mol. The fourth-order valence-electron chi connectivity index (χ4n) is 1.80. The van der Waals surface area contributed by atoms with Gasteiger partial charge < -0.3 is 10.5 Å². The number of rotatable bonds is 11. The van der Waals surface area contributed by atoms with E-state index in [1.807, 2.05) is 0 Å². The van der Waals surface area contributed by atoms with Gasteiger partial charge in [0, 0.05) is 6.42 Å². The third kappa shape index (κ3) is 10.3. The lowest BCUT2D eigenvalue weighted by molar-refractivity contribution is -0.368. The first-order chi connectivity index (χ1) is 8.24. The Hall–Kier alpha value is -0.570. The van der Waals surface area contributed by atoms with Crippen molar-refractivity contribution in [2.45, 2.75) is 65.2 Å². The average molecular weight is 244 g/mol. The van der Waals surface area contributed by atoms with Crippen LogP contribution in [0.5, 0.6) is 0 Å². The Morgan fingerprint density at radius 3 is 2.53 bits per heavy atom. The number of carbonyl (C=O) groups is 1. The van der Waals surface area contributed by atoms with Gasteiger partial charge in [-0.2, -0.15) is 0 Å². The normalized spacial score (nSPS) is 12.4. The van der Waals surface area contributed by atoms with Crippen LogP contribution in [0.1, 0.15) is 65.2 Å². The van der Waals surface area contributed by atoms with Crippen molar-refractivity contribution in [2.75, 3.05) is 13.2 Å². The summed E-state index contributed by atoms with van der Waals surface area (Å²) in [4.78, 5) is 11.5. The van der Waals surface area contributed by atoms with Gasteiger partial charge in [0.1, 0.15) is 0 Å². The van der Waals surface area contributed by atoms with Crippen LogP contribution < -0.4 is 5.73 Å². The van der Waals surface area contributed by atoms with Crippen LogP contribution >= 0.6 is 0 Å². The Labute approximate surface area is 106 Å². The molecule has 3 nitrogen and oxygen atoms in total. The topological polar surface area (TPSA) is 53.9 Å². The lowest BCUT2D eigenvalue weighted by Crippen LogP contribution is -2.50. The van der Waals surface area contributed by atoms with E-state index in [0.717, 1.165) is 32.2 Å². The first-order valence-corrected chi connectivity index (χ1v) is 7.19. The van der Waals surface area contributed by atoms with Crippen molar-refractivity contribution in [3.63, 3.8) is 0 Å². The standard InChI is InChI=1S/C14H29NO2/c1-3-5-9-13(4-2)12-17-14(16)10-7-6-8-11-15/h13H,3-12,15H2,1-2H3/p+1. The van der Waals surface area contributed by atoms with Gasteiger partial charge in [-0.05, 0) is 31.6 Å². The molecule has 0 amide bonds. The molecule has 0 aromatic carbocycles. The molecule has 0 aliphatic carbocycles. The van der Waals surface area contributed by atoms with Gasteiger partial charge in [-0.15, -0.1) is 0 Å². The highest BCUT2D eigenvalue weighted by Gasteiger charge is 2.09. The van der Waals surface area contributed by atoms with E-state index in [1.54, 1.807) is 0 Å². The molecule has 0 spiro atoms. The summed E-state index contributed by atoms with van der Waals surface area (Å²) in [5.74, 6) is 0.530. The summed E-state index contributed by atoms with van der Waals surface area (Å²) in [5.41, 5.74) is 3.79. The molecule has 1 atom stereocenters. The molecule has 0 saturated carbocycles. The largest absolute Gasteiger partial charge is 0.465 e. The van der Waals surface area contributed by atoms with Gasteiger partial charge in [-0.1, -0.05) is 33.1 Å². The molecule has 0 heterocycles. The number of ether oxygens (including phenoxy) is 1. The third-order valence-corrected chi connectivity index (χ3v) is 3.15. The smallest absolute Gasteiger partial charge is 0.305 e. The average Bonchev–Trinajstić information content (AvgIpc) is 2.35. The summed E-state index contributed by atoms with van der Waals surface area (Å²) in [6.07, 6.45) is 8.46. The summed E-state index contributed by atoms with van der Waals surface area (Å²) in [6.45, 7) is 5.94. The van der Waals surface area contributed by atoms with Crippen LogP contribution in [0, 0.1) is 5.92 Å². The molecule has 0 bridgehead atoms. The van der Waals surface area contributed by atoms with E-state index in [9.17, 15) is 4.79 Å². The molecule has 17 heavy (non-hydrogen) atoms. The zero-order valence-corrected chi connectivity index (χ0v) is 11.7. The SMILES string of the molecule is CCCCC(CC)COC(=O)CCCCC[NH3+]. The third-order valence-electron chi connectivity index (χ3n) is 3.15. The van der Waals surface area contributed by atoms with Crippen molar-refractivity contribution in [3.05, 3.63) is 0 Å². The lowest BCUT2D eigenvalue weighted by atomic mass is 10.0. The zero-order valence-electron chi connectivity index (χ0n) is 11.7. The van der Waals surface area contributed by atoms with Crippen molar-refractivity contribution in [1.29, 1.82) is 0 Å². The van der Waals surface area contributed by atoms with E-state index in [2.05, 4.69) is 19.6 Å². The first kappa shape index (κ1) is 16.4. The molecule has 0 aliphatic heterocycles. The molecule has 1 unspecified atom stereocenters. The molecule has 0 rings (SSSR count). The van der Waals surface area contributed by atoms with E-state index in [0.29, 0.717) is 18.9 Å². The lowest BCUT2D eigenvalue weighted by Gasteiger charge is -2.14. The molecule has 0 radical (unpaired) electrons. The Morgan fingerprint density at radius 1 is 1.18 bits per heavy atom. The van der Waals surface area contributed by atoms with E-state index < -0.39 is 0 Å². The predicted octanol–water partition coefficient (Wildman–Crippen LogP) is 2.55. The van der Waals surface area contributed by atoms with Gasteiger partial charge in [-0.3, -0.25) is 4.79 Å². The summed E-state index contributed by atoms with van der Waals surface area (Å²) in [7, 11) is 0. The maximum atomic E-state index is 11.5. The van der Waals surface area contributed by atoms with Crippen molar-refractivity contribution < 1.29 is 15.3 Å². The minimum absolute atomic E-state index is 0.0241. The molecule has 3 heteroatoms. The minimum atomic E-state index is -0.0241. The number of esters is 1. The van der Waals surface area contributed by atoms with Crippen molar-refractivity contribution in [2.24, 2.45) is 5.92 Å². The second-order valence-electron chi connectivity index (χ2n) is 4.76. The van der Waals surface area contributed by atoms with Gasteiger partial charge in [-0.25, -0.2) is 0 Å². The van der Waals surface area contributed by atoms with Gasteiger partial charge in [0.05, 0.1) is 13.2 Å². The van der Waals surface area contributed by atoms with Crippen LogP contribution in [0.25, 0.3) is 0 Å².